The van der Waals surface area contributed by atoms with Gasteiger partial charge in [0.25, 0.3) is 11.8 Å². The van der Waals surface area contributed by atoms with Crippen LogP contribution in [-0.2, 0) is 9.68 Å². The molecule has 4 aromatic rings. The van der Waals surface area contributed by atoms with Gasteiger partial charge in [0, 0.05) is 7.14 Å². The summed E-state index contributed by atoms with van der Waals surface area (Å²) in [6.45, 7) is 5.30. The van der Waals surface area contributed by atoms with Gasteiger partial charge in [-0.05, 0) is 127 Å². The Morgan fingerprint density at radius 2 is 1.24 bits per heavy atom. The number of aliphatic hydroxyl groups is 2. The van der Waals surface area contributed by atoms with Gasteiger partial charge in [-0.2, -0.15) is 0 Å². The maximum Gasteiger partial charge on any atom is 0.290 e. The first-order valence-electron chi connectivity index (χ1n) is 15.1. The van der Waals surface area contributed by atoms with Crippen LogP contribution in [0.1, 0.15) is 48.4 Å². The molecule has 54 heavy (non-hydrogen) atoms. The highest BCUT2D eigenvalue weighted by molar-refractivity contribution is 14.1. The van der Waals surface area contributed by atoms with Gasteiger partial charge in [-0.25, -0.2) is 31.8 Å². The minimum atomic E-state index is -1.45. The minimum Gasteiger partial charge on any atom is -0.388 e. The number of hydrogen-bond acceptors (Lipinski definition) is 8. The van der Waals surface area contributed by atoms with Crippen molar-refractivity contribution in [2.75, 3.05) is 23.8 Å². The molecule has 0 fully saturated rings. The smallest absolute Gasteiger partial charge is 0.290 e. The predicted octanol–water partition coefficient (Wildman–Crippen LogP) is 9.44. The third-order valence-electron chi connectivity index (χ3n) is 6.39. The molecule has 5 N–H and O–H groups in total. The summed E-state index contributed by atoms with van der Waals surface area (Å²) in [5, 5.41) is 23.4. The Hall–Kier alpha value is -2.93. The van der Waals surface area contributed by atoms with Crippen LogP contribution in [0.3, 0.4) is 0 Å². The maximum absolute atomic E-state index is 14.4. The lowest BCUT2D eigenvalue weighted by Gasteiger charge is -2.22. The fourth-order valence-electron chi connectivity index (χ4n) is 3.90. The Bertz CT molecular complexity index is 2020. The van der Waals surface area contributed by atoms with Crippen LogP contribution >= 0.6 is 72.9 Å². The normalized spacial score (nSPS) is 11.4. The molecule has 0 saturated carbocycles. The van der Waals surface area contributed by atoms with Gasteiger partial charge < -0.3 is 20.8 Å². The Labute approximate surface area is 346 Å². The Morgan fingerprint density at radius 1 is 0.741 bits per heavy atom. The summed E-state index contributed by atoms with van der Waals surface area (Å²) in [7, 11) is 0. The monoisotopic (exact) mass is 1070 g/mol. The Kier molecular flexibility index (Phi) is 16.2. The number of nitrogens with one attached hydrogen (secondary N) is 3. The van der Waals surface area contributed by atoms with Crippen molar-refractivity contribution in [3.8, 4) is 0 Å². The number of rotatable bonds is 12. The number of hydrogen-bond donors (Lipinski definition) is 5. The number of hydroxylamine groups is 2. The summed E-state index contributed by atoms with van der Waals surface area (Å²) in [5.41, 5.74) is -2.63. The Balaban J connectivity index is 0.000000290. The molecule has 4 aromatic carbocycles. The lowest BCUT2D eigenvalue weighted by molar-refractivity contribution is -0.106. The molecule has 20 heteroatoms. The fourth-order valence-corrected chi connectivity index (χ4v) is 5.29. The average molecular weight is 1070 g/mol. The lowest BCUT2D eigenvalue weighted by Crippen LogP contribution is -2.33. The predicted molar refractivity (Wildman–Crippen MR) is 210 cm³/mol. The van der Waals surface area contributed by atoms with E-state index in [2.05, 4.69) is 26.8 Å². The van der Waals surface area contributed by atoms with E-state index in [4.69, 9.17) is 21.3 Å². The van der Waals surface area contributed by atoms with Gasteiger partial charge in [0.1, 0.15) is 24.8 Å². The average Bonchev–Trinajstić information content (AvgIpc) is 3.07. The second-order valence-electron chi connectivity index (χ2n) is 12.4. The number of halogens is 10. The number of nitrogens with zero attached hydrogens (tertiary/aromatic N) is 1. The van der Waals surface area contributed by atoms with Crippen molar-refractivity contribution in [2.45, 2.75) is 38.9 Å². The van der Waals surface area contributed by atoms with Crippen molar-refractivity contribution < 1.29 is 55.8 Å². The van der Waals surface area contributed by atoms with E-state index in [1.54, 1.807) is 12.1 Å². The van der Waals surface area contributed by atoms with Crippen LogP contribution in [0.5, 0.6) is 0 Å². The van der Waals surface area contributed by atoms with Crippen molar-refractivity contribution >= 4 is 107 Å². The second-order valence-corrected chi connectivity index (χ2v) is 15.9. The third kappa shape index (κ3) is 13.1. The number of carbonyl (C=O) groups is 2. The molecule has 0 spiro atoms. The highest BCUT2D eigenvalue weighted by Crippen LogP contribution is 2.33. The molecular formula is C34H30BrClF6I2N4O6. The summed E-state index contributed by atoms with van der Waals surface area (Å²) < 4.78 is 86.2. The van der Waals surface area contributed by atoms with E-state index in [1.165, 1.54) is 52.0 Å². The number of anilines is 4. The topological polar surface area (TPSA) is 132 Å². The van der Waals surface area contributed by atoms with E-state index < -0.39 is 79.9 Å². The minimum absolute atomic E-state index is 0.132. The van der Waals surface area contributed by atoms with Crippen LogP contribution in [0.15, 0.2) is 54.6 Å². The molecule has 0 aliphatic heterocycles. The van der Waals surface area contributed by atoms with E-state index in [-0.39, 0.29) is 30.2 Å². The molecule has 292 valence electrons. The van der Waals surface area contributed by atoms with E-state index in [1.807, 2.05) is 50.7 Å². The summed E-state index contributed by atoms with van der Waals surface area (Å²) >= 11 is 12.3. The van der Waals surface area contributed by atoms with Crippen LogP contribution in [0.25, 0.3) is 0 Å². The second kappa shape index (κ2) is 19.3. The van der Waals surface area contributed by atoms with Crippen LogP contribution < -0.4 is 16.1 Å². The van der Waals surface area contributed by atoms with Gasteiger partial charge in [0.15, 0.2) is 23.3 Å². The third-order valence-corrected chi connectivity index (χ3v) is 8.54. The first-order chi connectivity index (χ1) is 25.0. The van der Waals surface area contributed by atoms with E-state index in [0.717, 1.165) is 18.2 Å². The van der Waals surface area contributed by atoms with E-state index >= 15 is 0 Å². The lowest BCUT2D eigenvalue weighted by atomic mass is 10.1. The SMILES string of the molecule is CC(C)(O)CON(Br)C(=O)c1ccc(F)c(F)c1Nc1ccc(I)cc1F.CC(C)(O)CONC(=O)c1cc(Cl)c(F)c(F)c1Nc1ccc(I)cc1F. The zero-order chi connectivity index (χ0) is 40.7. The molecular weight excluding hydrogens is 1040 g/mol. The molecule has 0 radical (unpaired) electrons. The quantitative estimate of drug-likeness (QED) is 0.0312. The van der Waals surface area contributed by atoms with Crippen LogP contribution in [0.4, 0.5) is 49.1 Å². The summed E-state index contributed by atoms with van der Waals surface area (Å²) in [4.78, 5) is 34.7. The zero-order valence-corrected chi connectivity index (χ0v) is 35.0. The van der Waals surface area contributed by atoms with Crippen LogP contribution in [0, 0.1) is 42.0 Å². The molecule has 2 amide bonds. The van der Waals surface area contributed by atoms with E-state index in [9.17, 15) is 46.1 Å². The molecule has 0 saturated heterocycles. The van der Waals surface area contributed by atoms with Crippen LogP contribution in [0.2, 0.25) is 5.02 Å². The molecule has 0 aromatic heterocycles. The van der Waals surface area contributed by atoms with Crippen molar-refractivity contribution in [3.05, 3.63) is 113 Å². The fraction of sp³-hybridized carbons (Fsp3) is 0.235. The van der Waals surface area contributed by atoms with Crippen molar-refractivity contribution in [1.82, 2.24) is 9.57 Å². The zero-order valence-electron chi connectivity index (χ0n) is 28.4. The first-order valence-corrected chi connectivity index (χ1v) is 18.3. The van der Waals surface area contributed by atoms with Gasteiger partial charge in [-0.3, -0.25) is 19.3 Å². The molecule has 0 heterocycles. The maximum atomic E-state index is 14.4. The summed E-state index contributed by atoms with van der Waals surface area (Å²) in [5.74, 6) is -8.66. The molecule has 10 nitrogen and oxygen atoms in total. The summed E-state index contributed by atoms with van der Waals surface area (Å²) in [6, 6.07) is 10.8. The van der Waals surface area contributed by atoms with Crippen LogP contribution in [-0.4, -0.2) is 50.5 Å². The van der Waals surface area contributed by atoms with Crippen molar-refractivity contribution in [2.24, 2.45) is 0 Å². The largest absolute Gasteiger partial charge is 0.388 e. The van der Waals surface area contributed by atoms with Gasteiger partial charge in [-0.15, -0.1) is 4.09 Å². The van der Waals surface area contributed by atoms with Crippen molar-refractivity contribution in [1.29, 1.82) is 0 Å². The summed E-state index contributed by atoms with van der Waals surface area (Å²) in [6.07, 6.45) is 0. The standard InChI is InChI=1S/C17H15BrF3IN2O3.C17H15ClF3IN2O3/c1-17(2,26)8-27-24(18)16(25)10-4-5-11(19)14(21)15(10)23-13-6-3-9(22)7-12(13)20;1-17(2,26)7-27-24-16(25)9-6-10(18)13(20)14(21)15(9)23-12-4-3-8(22)5-11(12)19/h3-7,23,26H,8H2,1-2H3;3-6,23,26H,7H2,1-2H3,(H,24,25). The number of amides is 2. The van der Waals surface area contributed by atoms with Crippen molar-refractivity contribution in [3.63, 3.8) is 0 Å². The van der Waals surface area contributed by atoms with Gasteiger partial charge in [-0.1, -0.05) is 11.6 Å². The highest BCUT2D eigenvalue weighted by Gasteiger charge is 2.26. The number of benzene rings is 4. The van der Waals surface area contributed by atoms with Gasteiger partial charge >= 0.3 is 0 Å². The molecule has 0 aliphatic rings. The molecule has 0 bridgehead atoms. The molecule has 0 atom stereocenters. The molecule has 4 rings (SSSR count). The van der Waals surface area contributed by atoms with E-state index in [0.29, 0.717) is 11.2 Å². The number of carbonyl (C=O) groups excluding carboxylic acids is 2. The molecule has 0 aliphatic carbocycles. The first kappa shape index (κ1) is 45.5. The van der Waals surface area contributed by atoms with Gasteiger partial charge in [0.2, 0.25) is 0 Å². The Morgan fingerprint density at radius 3 is 1.72 bits per heavy atom. The highest BCUT2D eigenvalue weighted by atomic mass is 127. The molecule has 0 unspecified atom stereocenters. The van der Waals surface area contributed by atoms with Gasteiger partial charge in [0.05, 0.1) is 66.2 Å².